The molecule has 0 radical (unpaired) electrons. The Morgan fingerprint density at radius 2 is 1.88 bits per heavy atom. The van der Waals surface area contributed by atoms with Gasteiger partial charge in [0, 0.05) is 12.7 Å². The van der Waals surface area contributed by atoms with Crippen LogP contribution in [0.4, 0.5) is 0 Å². The summed E-state index contributed by atoms with van der Waals surface area (Å²) < 4.78 is 5.42. The van der Waals surface area contributed by atoms with Crippen LogP contribution in [-0.4, -0.2) is 49.3 Å². The zero-order valence-electron chi connectivity index (χ0n) is 14.3. The molecule has 136 valence electrons. The summed E-state index contributed by atoms with van der Waals surface area (Å²) in [6.45, 7) is 4.09. The molecule has 2 aliphatic rings. The maximum absolute atomic E-state index is 12.5. The third-order valence-electron chi connectivity index (χ3n) is 4.53. The summed E-state index contributed by atoms with van der Waals surface area (Å²) in [5, 5.41) is 3.13. The quantitative estimate of drug-likeness (QED) is 0.494. The molecule has 1 fully saturated rings. The molecule has 0 atom stereocenters. The molecule has 0 aliphatic carbocycles. The van der Waals surface area contributed by atoms with Crippen molar-refractivity contribution >= 4 is 24.0 Å². The van der Waals surface area contributed by atoms with E-state index in [0.29, 0.717) is 11.3 Å². The number of ketones is 2. The Bertz CT molecular complexity index is 639. The molecule has 25 heavy (non-hydrogen) atoms. The van der Waals surface area contributed by atoms with Crippen molar-refractivity contribution in [1.29, 1.82) is 0 Å². The van der Waals surface area contributed by atoms with Crippen molar-refractivity contribution in [2.24, 2.45) is 0 Å². The summed E-state index contributed by atoms with van der Waals surface area (Å²) in [5.74, 6) is -0.0688. The Morgan fingerprint density at radius 3 is 2.68 bits per heavy atom. The molecule has 1 aromatic carbocycles. The highest BCUT2D eigenvalue weighted by Crippen LogP contribution is 2.24. The Kier molecular flexibility index (Phi) is 7.47. The van der Waals surface area contributed by atoms with Gasteiger partial charge in [-0.2, -0.15) is 0 Å². The number of para-hydroxylation sites is 1. The topological polar surface area (TPSA) is 58.6 Å². The number of piperidine rings is 1. The number of halogens is 1. The van der Waals surface area contributed by atoms with Crippen LogP contribution in [0.2, 0.25) is 0 Å². The first kappa shape index (κ1) is 19.5. The van der Waals surface area contributed by atoms with Gasteiger partial charge in [0.25, 0.3) is 0 Å². The first-order valence-electron chi connectivity index (χ1n) is 8.71. The number of hydrogen-bond donors (Lipinski definition) is 1. The van der Waals surface area contributed by atoms with Gasteiger partial charge in [-0.25, -0.2) is 0 Å². The molecule has 2 aliphatic heterocycles. The van der Waals surface area contributed by atoms with E-state index >= 15 is 0 Å². The molecule has 0 aromatic heterocycles. The molecule has 0 saturated carbocycles. The number of hydrogen-bond acceptors (Lipinski definition) is 5. The lowest BCUT2D eigenvalue weighted by atomic mass is 10.0. The normalized spacial score (nSPS) is 19.6. The lowest BCUT2D eigenvalue weighted by Crippen LogP contribution is -2.31. The number of nitrogens with zero attached hydrogens (tertiary/aromatic N) is 1. The SMILES string of the molecule is Cl.O=C1COc2ccccc2C(=O)C1=CNCCCN1CCCCC1. The lowest BCUT2D eigenvalue weighted by molar-refractivity contribution is -0.117. The number of rotatable bonds is 5. The van der Waals surface area contributed by atoms with E-state index in [9.17, 15) is 9.59 Å². The van der Waals surface area contributed by atoms with Crippen LogP contribution in [0.5, 0.6) is 5.75 Å². The van der Waals surface area contributed by atoms with E-state index in [-0.39, 0.29) is 36.2 Å². The van der Waals surface area contributed by atoms with Crippen LogP contribution in [0, 0.1) is 0 Å². The number of fused-ring (bicyclic) bond motifs is 1. The maximum atomic E-state index is 12.5. The van der Waals surface area contributed by atoms with E-state index in [1.165, 1.54) is 32.4 Å². The standard InChI is InChI=1S/C19H24N2O3.ClH/c22-17-14-24-18-8-3-2-7-15(18)19(23)16(17)13-20-9-6-12-21-10-4-1-5-11-21;/h2-3,7-8,13,20H,1,4-6,9-12,14H2;1H. The van der Waals surface area contributed by atoms with Crippen molar-refractivity contribution < 1.29 is 14.3 Å². The zero-order chi connectivity index (χ0) is 16.8. The first-order valence-corrected chi connectivity index (χ1v) is 8.71. The Hall–Kier alpha value is -1.85. The van der Waals surface area contributed by atoms with Crippen molar-refractivity contribution in [2.45, 2.75) is 25.7 Å². The highest BCUT2D eigenvalue weighted by Gasteiger charge is 2.26. The van der Waals surface area contributed by atoms with E-state index < -0.39 is 0 Å². The molecule has 1 saturated heterocycles. The molecule has 0 amide bonds. The van der Waals surface area contributed by atoms with E-state index in [1.54, 1.807) is 30.5 Å². The number of carbonyl (C=O) groups excluding carboxylic acids is 2. The van der Waals surface area contributed by atoms with Crippen LogP contribution in [0.3, 0.4) is 0 Å². The molecule has 0 unspecified atom stereocenters. The van der Waals surface area contributed by atoms with Crippen molar-refractivity contribution in [3.8, 4) is 5.75 Å². The molecular formula is C19H25ClN2O3. The highest BCUT2D eigenvalue weighted by atomic mass is 35.5. The predicted octanol–water partition coefficient (Wildman–Crippen LogP) is 2.60. The van der Waals surface area contributed by atoms with E-state index in [1.807, 2.05) is 0 Å². The summed E-state index contributed by atoms with van der Waals surface area (Å²) in [6.07, 6.45) is 6.49. The zero-order valence-corrected chi connectivity index (χ0v) is 15.1. The second-order valence-electron chi connectivity index (χ2n) is 6.31. The predicted molar refractivity (Wildman–Crippen MR) is 99.5 cm³/mol. The van der Waals surface area contributed by atoms with Gasteiger partial charge in [-0.15, -0.1) is 12.4 Å². The number of ether oxygens (including phenoxy) is 1. The van der Waals surface area contributed by atoms with Crippen molar-refractivity contribution in [3.63, 3.8) is 0 Å². The molecule has 3 rings (SSSR count). The minimum Gasteiger partial charge on any atom is -0.485 e. The fourth-order valence-corrected chi connectivity index (χ4v) is 3.18. The van der Waals surface area contributed by atoms with Gasteiger partial charge in [0.05, 0.1) is 11.1 Å². The summed E-state index contributed by atoms with van der Waals surface area (Å²) >= 11 is 0. The van der Waals surface area contributed by atoms with E-state index in [0.717, 1.165) is 19.5 Å². The van der Waals surface area contributed by atoms with Gasteiger partial charge >= 0.3 is 0 Å². The summed E-state index contributed by atoms with van der Waals surface area (Å²) in [7, 11) is 0. The maximum Gasteiger partial charge on any atom is 0.205 e. The average Bonchev–Trinajstić information content (AvgIpc) is 2.74. The smallest absolute Gasteiger partial charge is 0.205 e. The van der Waals surface area contributed by atoms with Gasteiger partial charge in [-0.3, -0.25) is 9.59 Å². The van der Waals surface area contributed by atoms with Gasteiger partial charge < -0.3 is 15.0 Å². The third-order valence-corrected chi connectivity index (χ3v) is 4.53. The fraction of sp³-hybridized carbons (Fsp3) is 0.474. The van der Waals surface area contributed by atoms with Gasteiger partial charge in [0.1, 0.15) is 5.75 Å². The third kappa shape index (κ3) is 5.06. The van der Waals surface area contributed by atoms with Gasteiger partial charge in [-0.05, 0) is 51.0 Å². The van der Waals surface area contributed by atoms with Crippen molar-refractivity contribution in [1.82, 2.24) is 10.2 Å². The number of likely N-dealkylation sites (tertiary alicyclic amines) is 1. The van der Waals surface area contributed by atoms with Crippen molar-refractivity contribution in [2.75, 3.05) is 32.8 Å². The Labute approximate surface area is 154 Å². The monoisotopic (exact) mass is 364 g/mol. The summed E-state index contributed by atoms with van der Waals surface area (Å²) in [5.41, 5.74) is 0.627. The molecular weight excluding hydrogens is 340 g/mol. The second-order valence-corrected chi connectivity index (χ2v) is 6.31. The van der Waals surface area contributed by atoms with Crippen LogP contribution in [-0.2, 0) is 4.79 Å². The molecule has 6 heteroatoms. The number of benzene rings is 1. The van der Waals surface area contributed by atoms with Gasteiger partial charge in [-0.1, -0.05) is 18.6 Å². The molecule has 2 heterocycles. The molecule has 5 nitrogen and oxygen atoms in total. The van der Waals surface area contributed by atoms with E-state index in [2.05, 4.69) is 10.2 Å². The lowest BCUT2D eigenvalue weighted by Gasteiger charge is -2.26. The summed E-state index contributed by atoms with van der Waals surface area (Å²) in [4.78, 5) is 27.2. The minimum absolute atomic E-state index is 0. The highest BCUT2D eigenvalue weighted by molar-refractivity contribution is 6.28. The van der Waals surface area contributed by atoms with Crippen LogP contribution in [0.15, 0.2) is 36.0 Å². The average molecular weight is 365 g/mol. The fourth-order valence-electron chi connectivity index (χ4n) is 3.18. The molecule has 1 aromatic rings. The van der Waals surface area contributed by atoms with Gasteiger partial charge in [0.15, 0.2) is 6.61 Å². The molecule has 1 N–H and O–H groups in total. The summed E-state index contributed by atoms with van der Waals surface area (Å²) in [6, 6.07) is 6.99. The largest absolute Gasteiger partial charge is 0.485 e. The number of carbonyl (C=O) groups is 2. The van der Waals surface area contributed by atoms with Crippen LogP contribution >= 0.6 is 12.4 Å². The van der Waals surface area contributed by atoms with E-state index in [4.69, 9.17) is 4.74 Å². The second kappa shape index (κ2) is 9.59. The van der Waals surface area contributed by atoms with Crippen LogP contribution in [0.25, 0.3) is 0 Å². The molecule has 0 bridgehead atoms. The Balaban J connectivity index is 0.00000225. The number of Topliss-reactive ketones (excluding diaryl/α,β-unsaturated/α-hetero) is 2. The Morgan fingerprint density at radius 1 is 1.12 bits per heavy atom. The number of nitrogens with one attached hydrogen (secondary N) is 1. The van der Waals surface area contributed by atoms with Crippen LogP contribution in [0.1, 0.15) is 36.0 Å². The molecule has 0 spiro atoms. The first-order chi connectivity index (χ1) is 11.8. The van der Waals surface area contributed by atoms with Crippen molar-refractivity contribution in [3.05, 3.63) is 41.6 Å². The van der Waals surface area contributed by atoms with Gasteiger partial charge in [0.2, 0.25) is 11.6 Å². The minimum atomic E-state index is -0.278. The van der Waals surface area contributed by atoms with Crippen LogP contribution < -0.4 is 10.1 Å².